The summed E-state index contributed by atoms with van der Waals surface area (Å²) >= 11 is 3.36. The van der Waals surface area contributed by atoms with Crippen molar-refractivity contribution in [3.8, 4) is 5.75 Å². The van der Waals surface area contributed by atoms with Crippen LogP contribution in [0.25, 0.3) is 0 Å². The summed E-state index contributed by atoms with van der Waals surface area (Å²) in [6, 6.07) is 3.79. The second-order valence-corrected chi connectivity index (χ2v) is 4.44. The van der Waals surface area contributed by atoms with Crippen LogP contribution in [0.4, 0.5) is 5.82 Å². The molecule has 0 bridgehead atoms. The van der Waals surface area contributed by atoms with Crippen LogP contribution in [0.1, 0.15) is 12.8 Å². The van der Waals surface area contributed by atoms with E-state index in [0.29, 0.717) is 23.2 Å². The van der Waals surface area contributed by atoms with Crippen molar-refractivity contribution < 1.29 is 9.53 Å². The number of hydrogen-bond donors (Lipinski definition) is 0. The minimum Gasteiger partial charge on any atom is -0.494 e. The zero-order valence-corrected chi connectivity index (χ0v) is 10.7. The highest BCUT2D eigenvalue weighted by molar-refractivity contribution is 9.10. The Morgan fingerprint density at radius 2 is 2.06 bits per heavy atom. The molecule has 1 saturated heterocycles. The van der Waals surface area contributed by atoms with E-state index < -0.39 is 0 Å². The van der Waals surface area contributed by atoms with Crippen LogP contribution in [-0.4, -0.2) is 31.0 Å². The predicted molar refractivity (Wildman–Crippen MR) is 64.9 cm³/mol. The number of pyridine rings is 1. The lowest BCUT2D eigenvalue weighted by atomic mass is 10.1. The molecular formula is C11H13BrN2O2. The number of carbonyl (C=O) groups is 1. The first-order valence-corrected chi connectivity index (χ1v) is 5.97. The maximum atomic E-state index is 11.1. The van der Waals surface area contributed by atoms with E-state index in [1.165, 1.54) is 0 Å². The number of methoxy groups -OCH3 is 1. The third-order valence-corrected chi connectivity index (χ3v) is 3.23. The van der Waals surface area contributed by atoms with Crippen molar-refractivity contribution >= 4 is 27.5 Å². The van der Waals surface area contributed by atoms with Crippen LogP contribution in [0.5, 0.6) is 5.75 Å². The summed E-state index contributed by atoms with van der Waals surface area (Å²) < 4.78 is 5.82. The van der Waals surface area contributed by atoms with Crippen molar-refractivity contribution in [1.29, 1.82) is 0 Å². The molecule has 0 aromatic carbocycles. The normalized spacial score (nSPS) is 16.4. The van der Waals surface area contributed by atoms with Gasteiger partial charge < -0.3 is 9.64 Å². The average Bonchev–Trinajstić information content (AvgIpc) is 2.30. The van der Waals surface area contributed by atoms with Gasteiger partial charge in [0.05, 0.1) is 7.11 Å². The molecule has 1 aliphatic rings. The standard InChI is InChI=1S/C11H13BrN2O2/c1-16-9-2-3-10(13-11(9)12)14-6-4-8(15)5-7-14/h2-3H,4-7H2,1H3. The van der Waals surface area contributed by atoms with Gasteiger partial charge in [0.1, 0.15) is 16.2 Å². The van der Waals surface area contributed by atoms with Crippen LogP contribution < -0.4 is 9.64 Å². The van der Waals surface area contributed by atoms with Gasteiger partial charge in [0.15, 0.2) is 5.75 Å². The Bertz CT molecular complexity index is 399. The van der Waals surface area contributed by atoms with E-state index in [9.17, 15) is 4.79 Å². The SMILES string of the molecule is COc1ccc(N2CCC(=O)CC2)nc1Br. The molecule has 0 radical (unpaired) electrons. The molecule has 1 fully saturated rings. The Hall–Kier alpha value is -1.10. The number of nitrogens with zero attached hydrogens (tertiary/aromatic N) is 2. The van der Waals surface area contributed by atoms with E-state index in [0.717, 1.165) is 24.7 Å². The number of rotatable bonds is 2. The van der Waals surface area contributed by atoms with Gasteiger partial charge in [-0.1, -0.05) is 0 Å². The van der Waals surface area contributed by atoms with Gasteiger partial charge in [-0.25, -0.2) is 4.98 Å². The summed E-state index contributed by atoms with van der Waals surface area (Å²) in [6.07, 6.45) is 1.23. The van der Waals surface area contributed by atoms with Crippen molar-refractivity contribution in [1.82, 2.24) is 4.98 Å². The molecule has 0 N–H and O–H groups in total. The maximum Gasteiger partial charge on any atom is 0.151 e. The molecule has 0 unspecified atom stereocenters. The van der Waals surface area contributed by atoms with Gasteiger partial charge in [-0.15, -0.1) is 0 Å². The summed E-state index contributed by atoms with van der Waals surface area (Å²) in [4.78, 5) is 17.6. The molecule has 1 aliphatic heterocycles. The molecule has 86 valence electrons. The summed E-state index contributed by atoms with van der Waals surface area (Å²) in [5.41, 5.74) is 0. The van der Waals surface area contributed by atoms with E-state index in [-0.39, 0.29) is 0 Å². The van der Waals surface area contributed by atoms with Crippen LogP contribution in [0.2, 0.25) is 0 Å². The minimum atomic E-state index is 0.337. The van der Waals surface area contributed by atoms with Crippen molar-refractivity contribution in [2.24, 2.45) is 0 Å². The second kappa shape index (κ2) is 4.82. The molecule has 1 aromatic heterocycles. The summed E-state index contributed by atoms with van der Waals surface area (Å²) in [5.74, 6) is 1.95. The smallest absolute Gasteiger partial charge is 0.151 e. The van der Waals surface area contributed by atoms with Gasteiger partial charge in [0, 0.05) is 25.9 Å². The lowest BCUT2D eigenvalue weighted by Crippen LogP contribution is -2.34. The Kier molecular flexibility index (Phi) is 3.43. The number of halogens is 1. The molecule has 2 rings (SSSR count). The van der Waals surface area contributed by atoms with Crippen LogP contribution in [0, 0.1) is 0 Å². The molecule has 0 amide bonds. The highest BCUT2D eigenvalue weighted by Gasteiger charge is 2.18. The van der Waals surface area contributed by atoms with Crippen LogP contribution in [-0.2, 0) is 4.79 Å². The summed E-state index contributed by atoms with van der Waals surface area (Å²) in [7, 11) is 1.61. The monoisotopic (exact) mass is 284 g/mol. The third-order valence-electron chi connectivity index (χ3n) is 2.66. The van der Waals surface area contributed by atoms with Gasteiger partial charge in [-0.05, 0) is 28.1 Å². The number of ketones is 1. The molecule has 16 heavy (non-hydrogen) atoms. The zero-order valence-electron chi connectivity index (χ0n) is 9.07. The first-order chi connectivity index (χ1) is 7.70. The molecule has 0 spiro atoms. The van der Waals surface area contributed by atoms with E-state index in [1.54, 1.807) is 7.11 Å². The van der Waals surface area contributed by atoms with Gasteiger partial charge in [0.2, 0.25) is 0 Å². The van der Waals surface area contributed by atoms with Crippen molar-refractivity contribution in [2.45, 2.75) is 12.8 Å². The Balaban J connectivity index is 2.15. The largest absolute Gasteiger partial charge is 0.494 e. The van der Waals surface area contributed by atoms with Gasteiger partial charge in [-0.3, -0.25) is 4.79 Å². The topological polar surface area (TPSA) is 42.4 Å². The molecule has 1 aromatic rings. The van der Waals surface area contributed by atoms with Gasteiger partial charge in [0.25, 0.3) is 0 Å². The highest BCUT2D eigenvalue weighted by Crippen LogP contribution is 2.26. The highest BCUT2D eigenvalue weighted by atomic mass is 79.9. The zero-order chi connectivity index (χ0) is 11.5. The minimum absolute atomic E-state index is 0.337. The predicted octanol–water partition coefficient (Wildman–Crippen LogP) is 2.02. The van der Waals surface area contributed by atoms with Gasteiger partial charge in [-0.2, -0.15) is 0 Å². The first-order valence-electron chi connectivity index (χ1n) is 5.18. The summed E-state index contributed by atoms with van der Waals surface area (Å²) in [5, 5.41) is 0. The number of anilines is 1. The molecule has 4 nitrogen and oxygen atoms in total. The second-order valence-electron chi connectivity index (χ2n) is 3.69. The van der Waals surface area contributed by atoms with Crippen molar-refractivity contribution in [3.63, 3.8) is 0 Å². The third kappa shape index (κ3) is 2.35. The molecule has 2 heterocycles. The molecule has 5 heteroatoms. The molecular weight excluding hydrogens is 272 g/mol. The fourth-order valence-electron chi connectivity index (χ4n) is 1.73. The average molecular weight is 285 g/mol. The lowest BCUT2D eigenvalue weighted by Gasteiger charge is -2.27. The Morgan fingerprint density at radius 3 is 2.62 bits per heavy atom. The Morgan fingerprint density at radius 1 is 1.38 bits per heavy atom. The van der Waals surface area contributed by atoms with Crippen LogP contribution in [0.3, 0.4) is 0 Å². The van der Waals surface area contributed by atoms with E-state index in [1.807, 2.05) is 12.1 Å². The van der Waals surface area contributed by atoms with Crippen LogP contribution in [0.15, 0.2) is 16.7 Å². The lowest BCUT2D eigenvalue weighted by molar-refractivity contribution is -0.119. The molecule has 0 saturated carbocycles. The first kappa shape index (κ1) is 11.4. The van der Waals surface area contributed by atoms with E-state index in [2.05, 4.69) is 25.8 Å². The molecule has 0 atom stereocenters. The van der Waals surface area contributed by atoms with E-state index in [4.69, 9.17) is 4.74 Å². The van der Waals surface area contributed by atoms with Crippen molar-refractivity contribution in [2.75, 3.05) is 25.1 Å². The maximum absolute atomic E-state index is 11.1. The fourth-order valence-corrected chi connectivity index (χ4v) is 2.20. The number of aromatic nitrogens is 1. The summed E-state index contributed by atoms with van der Waals surface area (Å²) in [6.45, 7) is 1.51. The quantitative estimate of drug-likeness (QED) is 0.780. The number of piperidine rings is 1. The Labute approximate surface area is 103 Å². The number of hydrogen-bond acceptors (Lipinski definition) is 4. The van der Waals surface area contributed by atoms with E-state index >= 15 is 0 Å². The number of carbonyl (C=O) groups excluding carboxylic acids is 1. The van der Waals surface area contributed by atoms with Crippen LogP contribution >= 0.6 is 15.9 Å². The fraction of sp³-hybridized carbons (Fsp3) is 0.455. The number of ether oxygens (including phenoxy) is 1. The van der Waals surface area contributed by atoms with Gasteiger partial charge >= 0.3 is 0 Å². The van der Waals surface area contributed by atoms with Crippen molar-refractivity contribution in [3.05, 3.63) is 16.7 Å². The molecule has 0 aliphatic carbocycles. The number of Topliss-reactive ketones (excluding diaryl/α,β-unsaturated/α-hetero) is 1.